The molecule has 3 N–H and O–H groups in total. The standard InChI is InChI=1S/C74H144O17P2/c1-9-65(6)51-43-35-27-22-20-18-16-14-12-13-15-17-19-21-23-28-38-46-54-71(76)84-60-69(90-73(78)56-48-40-32-30-36-44-52-66(7)10-2)62-88-92(80,81)86-58-68(75)59-87-93(82,83)89-63-70(91-74(79)57-49-41-33-31-37-45-53-67(8)11-3)61-85-72(77)55-47-39-29-25-24-26-34-42-50-64(4)5/h64-70,75H,9-63H2,1-8H3,(H,80,81)(H,82,83)/t65?,66?,67?,68?,69-,70-/m1/s1. The fourth-order valence-electron chi connectivity index (χ4n) is 11.1. The van der Waals surface area contributed by atoms with Crippen molar-refractivity contribution < 1.29 is 80.2 Å². The molecule has 0 aliphatic carbocycles. The molecule has 0 bridgehead atoms. The van der Waals surface area contributed by atoms with E-state index < -0.39 is 97.5 Å². The van der Waals surface area contributed by atoms with Gasteiger partial charge in [-0.1, -0.05) is 319 Å². The summed E-state index contributed by atoms with van der Waals surface area (Å²) >= 11 is 0. The molecule has 0 radical (unpaired) electrons. The zero-order valence-corrected chi connectivity index (χ0v) is 62.7. The van der Waals surface area contributed by atoms with Crippen molar-refractivity contribution in [3.63, 3.8) is 0 Å². The van der Waals surface area contributed by atoms with Crippen LogP contribution in [0, 0.1) is 23.7 Å². The number of ether oxygens (including phenoxy) is 4. The van der Waals surface area contributed by atoms with Gasteiger partial charge in [-0.2, -0.15) is 0 Å². The molecule has 0 saturated carbocycles. The Kier molecular flexibility index (Phi) is 62.2. The SMILES string of the molecule is CCC(C)CCCCCCCCCCCCCCCCCCCCC(=O)OC[C@H](COP(=O)(O)OCC(O)COP(=O)(O)OC[C@@H](COC(=O)CCCCCCCCCCC(C)C)OC(=O)CCCCCCCCC(C)CC)OC(=O)CCCCCCCCC(C)CC. The van der Waals surface area contributed by atoms with Gasteiger partial charge in [0.1, 0.15) is 19.3 Å². The number of aliphatic hydroxyl groups excluding tert-OH is 1. The van der Waals surface area contributed by atoms with Crippen molar-refractivity contribution in [2.45, 2.75) is 388 Å². The zero-order valence-electron chi connectivity index (χ0n) is 60.9. The minimum absolute atomic E-state index is 0.102. The molecule has 0 saturated heterocycles. The average molecular weight is 1370 g/mol. The van der Waals surface area contributed by atoms with Gasteiger partial charge in [-0.3, -0.25) is 37.3 Å². The Morgan fingerprint density at radius 1 is 0.301 bits per heavy atom. The highest BCUT2D eigenvalue weighted by molar-refractivity contribution is 7.47. The van der Waals surface area contributed by atoms with E-state index in [1.165, 1.54) is 173 Å². The molecule has 0 aliphatic heterocycles. The molecule has 0 aliphatic rings. The van der Waals surface area contributed by atoms with Gasteiger partial charge in [-0.15, -0.1) is 0 Å². The maximum Gasteiger partial charge on any atom is 0.472 e. The first-order valence-corrected chi connectivity index (χ1v) is 41.3. The fourth-order valence-corrected chi connectivity index (χ4v) is 12.7. The second kappa shape index (κ2) is 63.5. The lowest BCUT2D eigenvalue weighted by molar-refractivity contribution is -0.161. The number of unbranched alkanes of at least 4 members (excludes halogenated alkanes) is 34. The number of phosphoric acid groups is 2. The minimum Gasteiger partial charge on any atom is -0.462 e. The van der Waals surface area contributed by atoms with E-state index in [0.717, 1.165) is 114 Å². The molecule has 0 aromatic rings. The lowest BCUT2D eigenvalue weighted by atomic mass is 9.99. The quantitative estimate of drug-likeness (QED) is 0.0222. The molecule has 19 heteroatoms. The molecule has 0 aromatic carbocycles. The second-order valence-electron chi connectivity index (χ2n) is 27.9. The van der Waals surface area contributed by atoms with Crippen molar-refractivity contribution in [3.8, 4) is 0 Å². The number of carbonyl (C=O) groups excluding carboxylic acids is 4. The van der Waals surface area contributed by atoms with Crippen molar-refractivity contribution in [1.82, 2.24) is 0 Å². The molecule has 93 heavy (non-hydrogen) atoms. The Morgan fingerprint density at radius 3 is 0.763 bits per heavy atom. The third-order valence-electron chi connectivity index (χ3n) is 18.2. The Labute approximate surface area is 568 Å². The van der Waals surface area contributed by atoms with E-state index in [1.807, 2.05) is 0 Å². The van der Waals surface area contributed by atoms with Crippen LogP contribution in [-0.2, 0) is 65.4 Å². The Morgan fingerprint density at radius 2 is 0.516 bits per heavy atom. The minimum atomic E-state index is -4.95. The van der Waals surface area contributed by atoms with Crippen LogP contribution in [0.5, 0.6) is 0 Å². The second-order valence-corrected chi connectivity index (χ2v) is 30.8. The van der Waals surface area contributed by atoms with Gasteiger partial charge in [0, 0.05) is 25.7 Å². The summed E-state index contributed by atoms with van der Waals surface area (Å²) in [6.45, 7) is 14.1. The van der Waals surface area contributed by atoms with Crippen LogP contribution < -0.4 is 0 Å². The molecule has 0 rings (SSSR count). The molecule has 17 nitrogen and oxygen atoms in total. The predicted molar refractivity (Wildman–Crippen MR) is 377 cm³/mol. The summed E-state index contributed by atoms with van der Waals surface area (Å²) in [7, 11) is -9.91. The highest BCUT2D eigenvalue weighted by Crippen LogP contribution is 2.45. The molecule has 8 atom stereocenters. The largest absolute Gasteiger partial charge is 0.472 e. The number of esters is 4. The molecular weight excluding hydrogens is 1220 g/mol. The third kappa shape index (κ3) is 64.5. The number of hydrogen-bond acceptors (Lipinski definition) is 15. The predicted octanol–water partition coefficient (Wildman–Crippen LogP) is 21.3. The smallest absolute Gasteiger partial charge is 0.462 e. The maximum absolute atomic E-state index is 13.0. The molecule has 6 unspecified atom stereocenters. The van der Waals surface area contributed by atoms with Gasteiger partial charge in [-0.25, -0.2) is 9.13 Å². The first-order valence-electron chi connectivity index (χ1n) is 38.3. The topological polar surface area (TPSA) is 237 Å². The summed E-state index contributed by atoms with van der Waals surface area (Å²) in [5, 5.41) is 10.6. The number of carbonyl (C=O) groups is 4. The summed E-state index contributed by atoms with van der Waals surface area (Å²) < 4.78 is 68.3. The van der Waals surface area contributed by atoms with Gasteiger partial charge in [0.25, 0.3) is 0 Å². The van der Waals surface area contributed by atoms with Crippen LogP contribution in [-0.4, -0.2) is 96.7 Å². The van der Waals surface area contributed by atoms with Crippen LogP contribution in [0.3, 0.4) is 0 Å². The van der Waals surface area contributed by atoms with Crippen LogP contribution in [0.2, 0.25) is 0 Å². The Bertz CT molecular complexity index is 1840. The number of hydrogen-bond donors (Lipinski definition) is 3. The number of phosphoric ester groups is 2. The van der Waals surface area contributed by atoms with Crippen molar-refractivity contribution in [3.05, 3.63) is 0 Å². The average Bonchev–Trinajstić information content (AvgIpc) is 3.70. The van der Waals surface area contributed by atoms with Crippen LogP contribution in [0.4, 0.5) is 0 Å². The van der Waals surface area contributed by atoms with E-state index in [-0.39, 0.29) is 25.7 Å². The summed E-state index contributed by atoms with van der Waals surface area (Å²) in [4.78, 5) is 72.6. The first kappa shape index (κ1) is 91.1. The summed E-state index contributed by atoms with van der Waals surface area (Å²) in [5.74, 6) is 0.909. The van der Waals surface area contributed by atoms with E-state index in [1.54, 1.807) is 0 Å². The summed E-state index contributed by atoms with van der Waals surface area (Å²) in [6, 6.07) is 0. The maximum atomic E-state index is 13.0. The van der Waals surface area contributed by atoms with Crippen LogP contribution in [0.1, 0.15) is 370 Å². The van der Waals surface area contributed by atoms with Gasteiger partial charge >= 0.3 is 39.5 Å². The van der Waals surface area contributed by atoms with Gasteiger partial charge in [0.05, 0.1) is 26.4 Å². The van der Waals surface area contributed by atoms with Crippen molar-refractivity contribution in [1.29, 1.82) is 0 Å². The summed E-state index contributed by atoms with van der Waals surface area (Å²) in [6.07, 6.45) is 47.5. The first-order chi connectivity index (χ1) is 44.7. The molecule has 0 fully saturated rings. The van der Waals surface area contributed by atoms with Gasteiger partial charge in [0.2, 0.25) is 0 Å². The molecular formula is C74H144O17P2. The molecule has 552 valence electrons. The molecule has 0 heterocycles. The summed E-state index contributed by atoms with van der Waals surface area (Å²) in [5.41, 5.74) is 0. The molecule has 0 spiro atoms. The van der Waals surface area contributed by atoms with Crippen LogP contribution in [0.15, 0.2) is 0 Å². The lowest BCUT2D eigenvalue weighted by Gasteiger charge is -2.21. The highest BCUT2D eigenvalue weighted by Gasteiger charge is 2.30. The zero-order chi connectivity index (χ0) is 68.9. The fraction of sp³-hybridized carbons (Fsp3) is 0.946. The normalized spacial score (nSPS) is 15.1. The molecule has 0 aromatic heterocycles. The number of rotatable bonds is 71. The van der Waals surface area contributed by atoms with Gasteiger partial charge < -0.3 is 33.8 Å². The van der Waals surface area contributed by atoms with E-state index in [4.69, 9.17) is 37.0 Å². The van der Waals surface area contributed by atoms with Crippen molar-refractivity contribution in [2.24, 2.45) is 23.7 Å². The van der Waals surface area contributed by atoms with Gasteiger partial charge in [0.15, 0.2) is 12.2 Å². The third-order valence-corrected chi connectivity index (χ3v) is 20.1. The van der Waals surface area contributed by atoms with E-state index in [2.05, 4.69) is 55.4 Å². The van der Waals surface area contributed by atoms with Gasteiger partial charge in [-0.05, 0) is 49.4 Å². The highest BCUT2D eigenvalue weighted by atomic mass is 31.2. The van der Waals surface area contributed by atoms with E-state index >= 15 is 0 Å². The van der Waals surface area contributed by atoms with E-state index in [9.17, 15) is 43.2 Å². The van der Waals surface area contributed by atoms with Crippen molar-refractivity contribution in [2.75, 3.05) is 39.6 Å². The van der Waals surface area contributed by atoms with E-state index in [0.29, 0.717) is 25.7 Å². The van der Waals surface area contributed by atoms with Crippen LogP contribution >= 0.6 is 15.6 Å². The number of aliphatic hydroxyl groups is 1. The Balaban J connectivity index is 5.12. The monoisotopic (exact) mass is 1370 g/mol. The van der Waals surface area contributed by atoms with Crippen molar-refractivity contribution >= 4 is 39.5 Å². The Hall–Kier alpha value is -1.94. The molecule has 0 amide bonds. The van der Waals surface area contributed by atoms with Crippen LogP contribution in [0.25, 0.3) is 0 Å². The lowest BCUT2D eigenvalue weighted by Crippen LogP contribution is -2.30.